The van der Waals surface area contributed by atoms with Crippen LogP contribution in [0.15, 0.2) is 24.5 Å². The minimum Gasteiger partial charge on any atom is -0.365 e. The molecule has 0 radical (unpaired) electrons. The van der Waals surface area contributed by atoms with Gasteiger partial charge in [0.1, 0.15) is 5.82 Å². The minimum atomic E-state index is 0.371. The topological polar surface area (TPSA) is 75.9 Å². The molecule has 0 saturated heterocycles. The van der Waals surface area contributed by atoms with Crippen LogP contribution in [0.2, 0.25) is 10.0 Å². The number of halogens is 2. The summed E-state index contributed by atoms with van der Waals surface area (Å²) in [5, 5.41) is 3.94. The molecule has 4 N–H and O–H groups in total. The van der Waals surface area contributed by atoms with E-state index in [1.807, 2.05) is 13.0 Å². The van der Waals surface area contributed by atoms with Crippen LogP contribution in [0, 0.1) is 6.92 Å². The monoisotopic (exact) mass is 297 g/mol. The van der Waals surface area contributed by atoms with Gasteiger partial charge in [0.15, 0.2) is 5.82 Å². The summed E-state index contributed by atoms with van der Waals surface area (Å²) in [5.74, 6) is 6.21. The molecule has 2 aromatic heterocycles. The lowest BCUT2D eigenvalue weighted by Crippen LogP contribution is -2.11. The maximum Gasteiger partial charge on any atom is 0.161 e. The van der Waals surface area contributed by atoms with E-state index in [4.69, 9.17) is 29.0 Å². The summed E-state index contributed by atoms with van der Waals surface area (Å²) in [6, 6.07) is 3.53. The van der Waals surface area contributed by atoms with Crippen molar-refractivity contribution in [1.29, 1.82) is 0 Å². The summed E-state index contributed by atoms with van der Waals surface area (Å²) in [5.41, 5.74) is 4.63. The Morgan fingerprint density at radius 1 is 1.26 bits per heavy atom. The fraction of sp³-hybridized carbons (Fsp3) is 0.167. The molecule has 0 fully saturated rings. The Morgan fingerprint density at radius 3 is 2.68 bits per heavy atom. The number of rotatable bonds is 4. The smallest absolute Gasteiger partial charge is 0.161 e. The molecule has 0 aliphatic carbocycles. The minimum absolute atomic E-state index is 0.371. The molecule has 2 aromatic rings. The Bertz CT molecular complexity index is 588. The number of anilines is 2. The highest BCUT2D eigenvalue weighted by atomic mass is 35.5. The van der Waals surface area contributed by atoms with Gasteiger partial charge in [0.2, 0.25) is 0 Å². The van der Waals surface area contributed by atoms with Gasteiger partial charge in [-0.05, 0) is 30.2 Å². The van der Waals surface area contributed by atoms with Crippen molar-refractivity contribution in [1.82, 2.24) is 9.97 Å². The van der Waals surface area contributed by atoms with Crippen LogP contribution in [-0.2, 0) is 6.54 Å². The zero-order chi connectivity index (χ0) is 13.8. The number of pyridine rings is 2. The molecular formula is C12H13Cl2N5. The number of hydrogen-bond donors (Lipinski definition) is 3. The van der Waals surface area contributed by atoms with E-state index >= 15 is 0 Å². The molecule has 100 valence electrons. The Morgan fingerprint density at radius 2 is 2.00 bits per heavy atom. The van der Waals surface area contributed by atoms with Gasteiger partial charge >= 0.3 is 0 Å². The maximum atomic E-state index is 6.07. The summed E-state index contributed by atoms with van der Waals surface area (Å²) in [6.07, 6.45) is 3.55. The van der Waals surface area contributed by atoms with Crippen molar-refractivity contribution in [3.05, 3.63) is 45.7 Å². The molecule has 0 aliphatic rings. The zero-order valence-electron chi connectivity index (χ0n) is 10.2. The molecule has 0 aromatic carbocycles. The fourth-order valence-electron chi connectivity index (χ4n) is 1.55. The normalized spacial score (nSPS) is 10.3. The van der Waals surface area contributed by atoms with E-state index in [0.29, 0.717) is 28.2 Å². The van der Waals surface area contributed by atoms with Crippen molar-refractivity contribution in [2.24, 2.45) is 5.84 Å². The second-order valence-corrected chi connectivity index (χ2v) is 4.76. The van der Waals surface area contributed by atoms with Crippen molar-refractivity contribution >= 4 is 34.8 Å². The van der Waals surface area contributed by atoms with Gasteiger partial charge in [0.05, 0.1) is 10.0 Å². The maximum absolute atomic E-state index is 6.07. The average Bonchev–Trinajstić information content (AvgIpc) is 2.39. The number of nitrogens with two attached hydrogens (primary N) is 1. The summed E-state index contributed by atoms with van der Waals surface area (Å²) in [6.45, 7) is 2.58. The van der Waals surface area contributed by atoms with E-state index in [1.165, 1.54) is 0 Å². The molecule has 0 saturated carbocycles. The lowest BCUT2D eigenvalue weighted by molar-refractivity contribution is 1.06. The van der Waals surface area contributed by atoms with Gasteiger partial charge in [-0.15, -0.1) is 0 Å². The first-order chi connectivity index (χ1) is 9.11. The van der Waals surface area contributed by atoms with E-state index in [-0.39, 0.29) is 0 Å². The first-order valence-electron chi connectivity index (χ1n) is 5.58. The third-order valence-electron chi connectivity index (χ3n) is 2.66. The van der Waals surface area contributed by atoms with Crippen LogP contribution in [0.5, 0.6) is 0 Å². The Balaban J connectivity index is 2.18. The predicted molar refractivity (Wildman–Crippen MR) is 78.4 cm³/mol. The molecule has 0 atom stereocenters. The van der Waals surface area contributed by atoms with E-state index in [9.17, 15) is 0 Å². The highest BCUT2D eigenvalue weighted by molar-refractivity contribution is 6.37. The van der Waals surface area contributed by atoms with Crippen LogP contribution in [0.25, 0.3) is 0 Å². The molecule has 2 rings (SSSR count). The van der Waals surface area contributed by atoms with Crippen molar-refractivity contribution in [2.75, 3.05) is 10.7 Å². The van der Waals surface area contributed by atoms with Crippen molar-refractivity contribution in [3.8, 4) is 0 Å². The predicted octanol–water partition coefficient (Wildman–Crippen LogP) is 2.99. The van der Waals surface area contributed by atoms with Crippen LogP contribution in [-0.4, -0.2) is 9.97 Å². The number of aryl methyl sites for hydroxylation is 1. The molecule has 19 heavy (non-hydrogen) atoms. The number of hydrazine groups is 1. The Hall–Kier alpha value is -1.56. The van der Waals surface area contributed by atoms with Crippen LogP contribution in [0.4, 0.5) is 11.6 Å². The second kappa shape index (κ2) is 6.06. The van der Waals surface area contributed by atoms with Crippen molar-refractivity contribution < 1.29 is 0 Å². The molecule has 0 unspecified atom stereocenters. The quantitative estimate of drug-likeness (QED) is 0.597. The van der Waals surface area contributed by atoms with E-state index < -0.39 is 0 Å². The van der Waals surface area contributed by atoms with Crippen LogP contribution < -0.4 is 16.6 Å². The van der Waals surface area contributed by atoms with Gasteiger partial charge in [-0.2, -0.15) is 0 Å². The Kier molecular flexibility index (Phi) is 4.42. The van der Waals surface area contributed by atoms with Crippen molar-refractivity contribution in [2.45, 2.75) is 13.5 Å². The third-order valence-corrected chi connectivity index (χ3v) is 3.24. The van der Waals surface area contributed by atoms with E-state index in [2.05, 4.69) is 20.7 Å². The molecule has 0 aliphatic heterocycles. The van der Waals surface area contributed by atoms with Gasteiger partial charge in [-0.1, -0.05) is 23.2 Å². The number of hydrogen-bond acceptors (Lipinski definition) is 5. The number of nitrogens with one attached hydrogen (secondary N) is 2. The molecule has 0 bridgehead atoms. The first kappa shape index (κ1) is 13.9. The number of nitrogen functional groups attached to an aromatic ring is 1. The summed E-state index contributed by atoms with van der Waals surface area (Å²) in [4.78, 5) is 8.28. The number of nitrogens with zero attached hydrogens (tertiary/aromatic N) is 2. The van der Waals surface area contributed by atoms with Gasteiger partial charge in [-0.25, -0.2) is 10.8 Å². The van der Waals surface area contributed by atoms with Crippen LogP contribution in [0.1, 0.15) is 11.1 Å². The lowest BCUT2D eigenvalue weighted by atomic mass is 10.1. The standard InChI is InChI=1S/C12H13Cl2N5/c1-7-2-3-16-5-8(7)6-17-11-9(13)4-10(14)12(18-11)19-15/h2-5H,6,15H2,1H3,(H2,17,18,19). The van der Waals surface area contributed by atoms with Crippen LogP contribution in [0.3, 0.4) is 0 Å². The summed E-state index contributed by atoms with van der Waals surface area (Å²) in [7, 11) is 0. The SMILES string of the molecule is Cc1ccncc1CNc1nc(NN)c(Cl)cc1Cl. The third kappa shape index (κ3) is 3.26. The molecule has 0 amide bonds. The molecular weight excluding hydrogens is 285 g/mol. The lowest BCUT2D eigenvalue weighted by Gasteiger charge is -2.11. The molecule has 0 spiro atoms. The Labute approximate surface area is 121 Å². The summed E-state index contributed by atoms with van der Waals surface area (Å²) >= 11 is 12.0. The largest absolute Gasteiger partial charge is 0.365 e. The van der Waals surface area contributed by atoms with Gasteiger partial charge < -0.3 is 10.7 Å². The average molecular weight is 298 g/mol. The highest BCUT2D eigenvalue weighted by Crippen LogP contribution is 2.28. The molecule has 2 heterocycles. The first-order valence-corrected chi connectivity index (χ1v) is 6.33. The van der Waals surface area contributed by atoms with Gasteiger partial charge in [0.25, 0.3) is 0 Å². The van der Waals surface area contributed by atoms with Crippen molar-refractivity contribution in [3.63, 3.8) is 0 Å². The zero-order valence-corrected chi connectivity index (χ0v) is 11.8. The summed E-state index contributed by atoms with van der Waals surface area (Å²) < 4.78 is 0. The second-order valence-electron chi connectivity index (χ2n) is 3.95. The molecule has 5 nitrogen and oxygen atoms in total. The van der Waals surface area contributed by atoms with Gasteiger partial charge in [-0.3, -0.25) is 4.98 Å². The van der Waals surface area contributed by atoms with Crippen LogP contribution >= 0.6 is 23.2 Å². The highest BCUT2D eigenvalue weighted by Gasteiger charge is 2.08. The fourth-order valence-corrected chi connectivity index (χ4v) is 2.03. The van der Waals surface area contributed by atoms with E-state index in [1.54, 1.807) is 18.5 Å². The van der Waals surface area contributed by atoms with Gasteiger partial charge in [0, 0.05) is 18.9 Å². The molecule has 7 heteroatoms. The number of aromatic nitrogens is 2. The van der Waals surface area contributed by atoms with E-state index in [0.717, 1.165) is 11.1 Å².